The molecule has 0 fully saturated rings. The van der Waals surface area contributed by atoms with Crippen molar-refractivity contribution in [2.75, 3.05) is 13.7 Å². The highest BCUT2D eigenvalue weighted by Crippen LogP contribution is 2.02. The number of ether oxygens (including phenoxy) is 1. The average Bonchev–Trinajstić information content (AvgIpc) is 2.05. The molecule has 0 aromatic heterocycles. The Morgan fingerprint density at radius 1 is 1.38 bits per heavy atom. The highest BCUT2D eigenvalue weighted by Gasteiger charge is 2.13. The van der Waals surface area contributed by atoms with Gasteiger partial charge in [0.2, 0.25) is 0 Å². The van der Waals surface area contributed by atoms with E-state index in [9.17, 15) is 9.59 Å². The zero-order valence-electron chi connectivity index (χ0n) is 7.66. The van der Waals surface area contributed by atoms with Crippen LogP contribution in [0.3, 0.4) is 0 Å². The average molecular weight is 188 g/mol. The molecule has 0 atom stereocenters. The molecule has 0 aromatic carbocycles. The third kappa shape index (κ3) is 4.97. The van der Waals surface area contributed by atoms with Crippen LogP contribution in [0.4, 0.5) is 0 Å². The third-order valence-electron chi connectivity index (χ3n) is 1.10. The number of hydrogen-bond donors (Lipinski definition) is 0. The van der Waals surface area contributed by atoms with Gasteiger partial charge >= 0.3 is 11.9 Å². The Balaban J connectivity index is 3.86. The van der Waals surface area contributed by atoms with E-state index in [-0.39, 0.29) is 18.6 Å². The lowest BCUT2D eigenvalue weighted by atomic mass is 10.2. The van der Waals surface area contributed by atoms with Crippen molar-refractivity contribution in [3.63, 3.8) is 0 Å². The number of rotatable bonds is 5. The van der Waals surface area contributed by atoms with E-state index < -0.39 is 11.9 Å². The largest absolute Gasteiger partial charge is 0.463 e. The van der Waals surface area contributed by atoms with Gasteiger partial charge in [0.1, 0.15) is 0 Å². The Labute approximate surface area is 76.2 Å². The maximum atomic E-state index is 10.9. The van der Waals surface area contributed by atoms with Crippen LogP contribution in [0, 0.1) is 0 Å². The van der Waals surface area contributed by atoms with E-state index in [4.69, 9.17) is 0 Å². The van der Waals surface area contributed by atoms with Gasteiger partial charge in [-0.3, -0.25) is 4.89 Å². The first-order valence-electron chi connectivity index (χ1n) is 3.70. The number of carbonyl (C=O) groups is 2. The zero-order valence-corrected chi connectivity index (χ0v) is 7.66. The van der Waals surface area contributed by atoms with E-state index in [2.05, 4.69) is 21.1 Å². The molecule has 0 aliphatic carbocycles. The Hall–Kier alpha value is -1.36. The lowest BCUT2D eigenvalue weighted by Gasteiger charge is -2.03. The minimum Gasteiger partial charge on any atom is -0.463 e. The van der Waals surface area contributed by atoms with Crippen molar-refractivity contribution in [3.05, 3.63) is 12.2 Å². The van der Waals surface area contributed by atoms with Crippen molar-refractivity contribution in [3.8, 4) is 0 Å². The molecule has 0 heterocycles. The molecule has 0 aliphatic heterocycles. The molecule has 0 aliphatic rings. The van der Waals surface area contributed by atoms with Crippen molar-refractivity contribution in [2.45, 2.75) is 13.3 Å². The summed E-state index contributed by atoms with van der Waals surface area (Å²) in [5.74, 6) is -1.28. The zero-order chi connectivity index (χ0) is 10.3. The molecule has 5 heteroatoms. The molecule has 0 unspecified atom stereocenters. The van der Waals surface area contributed by atoms with Gasteiger partial charge in [-0.25, -0.2) is 9.59 Å². The van der Waals surface area contributed by atoms with Gasteiger partial charge in [-0.15, -0.1) is 0 Å². The minimum atomic E-state index is -0.680. The highest BCUT2D eigenvalue weighted by molar-refractivity contribution is 5.93. The van der Waals surface area contributed by atoms with Gasteiger partial charge in [-0.2, -0.15) is 4.89 Å². The molecule has 0 saturated heterocycles. The van der Waals surface area contributed by atoms with Gasteiger partial charge in [-0.05, 0) is 6.92 Å². The van der Waals surface area contributed by atoms with Gasteiger partial charge in [0.25, 0.3) is 0 Å². The predicted molar refractivity (Wildman–Crippen MR) is 43.5 cm³/mol. The predicted octanol–water partition coefficient (Wildman–Crippen LogP) is 0.600. The van der Waals surface area contributed by atoms with Crippen LogP contribution in [0.1, 0.15) is 13.3 Å². The molecule has 0 N–H and O–H groups in total. The first kappa shape index (κ1) is 11.6. The third-order valence-corrected chi connectivity index (χ3v) is 1.10. The Morgan fingerprint density at radius 2 is 2.00 bits per heavy atom. The van der Waals surface area contributed by atoms with Crippen LogP contribution >= 0.6 is 0 Å². The number of esters is 1. The van der Waals surface area contributed by atoms with Gasteiger partial charge in [0.05, 0.1) is 20.1 Å². The van der Waals surface area contributed by atoms with Crippen molar-refractivity contribution < 1.29 is 24.1 Å². The molecule has 0 amide bonds. The summed E-state index contributed by atoms with van der Waals surface area (Å²) in [7, 11) is 1.20. The summed E-state index contributed by atoms with van der Waals surface area (Å²) in [6, 6.07) is 0. The molecule has 13 heavy (non-hydrogen) atoms. The van der Waals surface area contributed by atoms with Crippen LogP contribution < -0.4 is 0 Å². The summed E-state index contributed by atoms with van der Waals surface area (Å²) in [6.07, 6.45) is -0.229. The smallest absolute Gasteiger partial charge is 0.346 e. The second kappa shape index (κ2) is 6.19. The Morgan fingerprint density at radius 3 is 2.46 bits per heavy atom. The molecule has 0 bridgehead atoms. The maximum absolute atomic E-state index is 10.9. The highest BCUT2D eigenvalue weighted by atomic mass is 17.2. The summed E-state index contributed by atoms with van der Waals surface area (Å²) < 4.78 is 4.60. The molecule has 0 aromatic rings. The fourth-order valence-corrected chi connectivity index (χ4v) is 0.602. The quantitative estimate of drug-likeness (QED) is 0.273. The SMILES string of the molecule is C=C(CC(=O)OOC)C(=O)OCC. The van der Waals surface area contributed by atoms with E-state index in [1.165, 1.54) is 7.11 Å². The van der Waals surface area contributed by atoms with Crippen LogP contribution in [0.5, 0.6) is 0 Å². The van der Waals surface area contributed by atoms with E-state index in [1.807, 2.05) is 0 Å². The van der Waals surface area contributed by atoms with Gasteiger partial charge in [0, 0.05) is 5.57 Å². The van der Waals surface area contributed by atoms with E-state index in [0.29, 0.717) is 0 Å². The monoisotopic (exact) mass is 188 g/mol. The fourth-order valence-electron chi connectivity index (χ4n) is 0.602. The second-order valence-electron chi connectivity index (χ2n) is 2.12. The molecular formula is C8H12O5. The summed E-state index contributed by atoms with van der Waals surface area (Å²) in [5, 5.41) is 0. The van der Waals surface area contributed by atoms with Crippen LogP contribution in [-0.2, 0) is 24.1 Å². The van der Waals surface area contributed by atoms with Crippen molar-refractivity contribution >= 4 is 11.9 Å². The topological polar surface area (TPSA) is 61.8 Å². The van der Waals surface area contributed by atoms with Crippen LogP contribution in [0.15, 0.2) is 12.2 Å². The Bertz CT molecular complexity index is 209. The van der Waals surface area contributed by atoms with E-state index >= 15 is 0 Å². The fraction of sp³-hybridized carbons (Fsp3) is 0.500. The number of hydrogen-bond acceptors (Lipinski definition) is 5. The maximum Gasteiger partial charge on any atom is 0.346 e. The molecular weight excluding hydrogens is 176 g/mol. The first-order valence-corrected chi connectivity index (χ1v) is 3.70. The second-order valence-corrected chi connectivity index (χ2v) is 2.12. The van der Waals surface area contributed by atoms with Crippen LogP contribution in [-0.4, -0.2) is 25.7 Å². The molecule has 0 radical (unpaired) electrons. The minimum absolute atomic E-state index is 0.0453. The molecule has 74 valence electrons. The van der Waals surface area contributed by atoms with Gasteiger partial charge in [-0.1, -0.05) is 6.58 Å². The molecule has 0 rings (SSSR count). The van der Waals surface area contributed by atoms with Crippen LogP contribution in [0.25, 0.3) is 0 Å². The van der Waals surface area contributed by atoms with Crippen molar-refractivity contribution in [2.24, 2.45) is 0 Å². The first-order chi connectivity index (χ1) is 6.11. The normalized spacial score (nSPS) is 9.08. The lowest BCUT2D eigenvalue weighted by Crippen LogP contribution is -2.12. The number of carbonyl (C=O) groups excluding carboxylic acids is 2. The standard InChI is InChI=1S/C8H12O5/c1-4-12-8(10)6(2)5-7(9)13-11-3/h2,4-5H2,1,3H3. The Kier molecular flexibility index (Phi) is 5.54. The summed E-state index contributed by atoms with van der Waals surface area (Å²) >= 11 is 0. The summed E-state index contributed by atoms with van der Waals surface area (Å²) in [5.41, 5.74) is 0.0453. The van der Waals surface area contributed by atoms with E-state index in [1.54, 1.807) is 6.92 Å². The lowest BCUT2D eigenvalue weighted by molar-refractivity contribution is -0.254. The van der Waals surface area contributed by atoms with Crippen molar-refractivity contribution in [1.29, 1.82) is 0 Å². The van der Waals surface area contributed by atoms with E-state index in [0.717, 1.165) is 0 Å². The van der Waals surface area contributed by atoms with Crippen molar-refractivity contribution in [1.82, 2.24) is 0 Å². The molecule has 0 saturated carbocycles. The summed E-state index contributed by atoms with van der Waals surface area (Å²) in [6.45, 7) is 5.28. The van der Waals surface area contributed by atoms with Gasteiger partial charge in [0.15, 0.2) is 0 Å². The van der Waals surface area contributed by atoms with Crippen LogP contribution in [0.2, 0.25) is 0 Å². The summed E-state index contributed by atoms with van der Waals surface area (Å²) in [4.78, 5) is 29.9. The molecule has 5 nitrogen and oxygen atoms in total. The van der Waals surface area contributed by atoms with Gasteiger partial charge < -0.3 is 4.74 Å². The molecule has 0 spiro atoms.